The van der Waals surface area contributed by atoms with E-state index in [4.69, 9.17) is 0 Å². The van der Waals surface area contributed by atoms with E-state index < -0.39 is 0 Å². The molecule has 0 saturated carbocycles. The number of likely N-dealkylation sites (N-methyl/N-ethyl adjacent to an activating group) is 1. The van der Waals surface area contributed by atoms with E-state index in [0.717, 1.165) is 0 Å². The number of nitrogens with one attached hydrogen (secondary N) is 1. The zero-order valence-corrected chi connectivity index (χ0v) is 13.2. The van der Waals surface area contributed by atoms with Crippen LogP contribution in [0.25, 0.3) is 0 Å². The molecule has 2 aliphatic rings. The van der Waals surface area contributed by atoms with Gasteiger partial charge >= 0.3 is 0 Å². The van der Waals surface area contributed by atoms with Crippen molar-refractivity contribution in [3.63, 3.8) is 0 Å². The summed E-state index contributed by atoms with van der Waals surface area (Å²) in [7, 11) is 2.13. The van der Waals surface area contributed by atoms with E-state index >= 15 is 0 Å². The molecule has 108 valence electrons. The molecule has 2 heteroatoms. The van der Waals surface area contributed by atoms with Crippen molar-refractivity contribution in [2.75, 3.05) is 12.8 Å². The highest BCUT2D eigenvalue weighted by molar-refractivity contribution is 7.99. The van der Waals surface area contributed by atoms with Gasteiger partial charge in [-0.25, -0.2) is 0 Å². The Labute approximate surface area is 127 Å². The van der Waals surface area contributed by atoms with Crippen LogP contribution >= 0.6 is 11.8 Å². The molecule has 1 aromatic rings. The first-order valence-electron chi connectivity index (χ1n) is 7.98. The summed E-state index contributed by atoms with van der Waals surface area (Å²) in [6, 6.07) is 9.49. The lowest BCUT2D eigenvalue weighted by Gasteiger charge is -2.27. The summed E-state index contributed by atoms with van der Waals surface area (Å²) in [4.78, 5) is 1.49. The van der Waals surface area contributed by atoms with E-state index in [0.29, 0.717) is 12.0 Å². The number of benzene rings is 1. The summed E-state index contributed by atoms with van der Waals surface area (Å²) in [6.45, 7) is 0. The van der Waals surface area contributed by atoms with Gasteiger partial charge in [-0.1, -0.05) is 42.7 Å². The fraction of sp³-hybridized carbons (Fsp3) is 0.556. The highest BCUT2D eigenvalue weighted by Crippen LogP contribution is 2.43. The van der Waals surface area contributed by atoms with Gasteiger partial charge in [0.15, 0.2) is 0 Å². The first-order chi connectivity index (χ1) is 9.90. The van der Waals surface area contributed by atoms with E-state index in [-0.39, 0.29) is 0 Å². The summed E-state index contributed by atoms with van der Waals surface area (Å²) in [5, 5.41) is 3.62. The molecular weight excluding hydrogens is 262 g/mol. The Kier molecular flexibility index (Phi) is 4.85. The van der Waals surface area contributed by atoms with Crippen molar-refractivity contribution >= 4 is 11.8 Å². The molecule has 2 unspecified atom stereocenters. The van der Waals surface area contributed by atoms with E-state index in [2.05, 4.69) is 42.7 Å². The third-order valence-corrected chi connectivity index (χ3v) is 5.88. The molecule has 0 fully saturated rings. The molecule has 1 heterocycles. The van der Waals surface area contributed by atoms with Gasteiger partial charge in [-0.15, -0.1) is 11.8 Å². The number of thioether (sulfide) groups is 1. The molecule has 0 radical (unpaired) electrons. The average Bonchev–Trinajstić information content (AvgIpc) is 2.86. The Bertz CT molecular complexity index is 480. The molecule has 1 aliphatic carbocycles. The van der Waals surface area contributed by atoms with Gasteiger partial charge in [0.25, 0.3) is 0 Å². The molecule has 0 saturated heterocycles. The monoisotopic (exact) mass is 287 g/mol. The van der Waals surface area contributed by atoms with Gasteiger partial charge in [-0.3, -0.25) is 0 Å². The lowest BCUT2D eigenvalue weighted by Crippen LogP contribution is -2.34. The van der Waals surface area contributed by atoms with Gasteiger partial charge in [0.05, 0.1) is 0 Å². The first-order valence-corrected chi connectivity index (χ1v) is 8.96. The zero-order valence-electron chi connectivity index (χ0n) is 12.4. The van der Waals surface area contributed by atoms with E-state index in [1.807, 2.05) is 11.8 Å². The van der Waals surface area contributed by atoms with Crippen molar-refractivity contribution in [3.05, 3.63) is 41.5 Å². The second kappa shape index (κ2) is 6.82. The number of hydrogen-bond donors (Lipinski definition) is 1. The lowest BCUT2D eigenvalue weighted by molar-refractivity contribution is 0.512. The van der Waals surface area contributed by atoms with Crippen LogP contribution in [0.5, 0.6) is 0 Å². The van der Waals surface area contributed by atoms with Crippen LogP contribution in [0, 0.1) is 0 Å². The largest absolute Gasteiger partial charge is 0.313 e. The van der Waals surface area contributed by atoms with Gasteiger partial charge < -0.3 is 5.32 Å². The molecule has 0 bridgehead atoms. The average molecular weight is 287 g/mol. The van der Waals surface area contributed by atoms with Crippen molar-refractivity contribution in [1.29, 1.82) is 0 Å². The first kappa shape index (κ1) is 14.2. The minimum Gasteiger partial charge on any atom is -0.313 e. The molecule has 1 aromatic carbocycles. The molecule has 0 amide bonds. The van der Waals surface area contributed by atoms with Crippen molar-refractivity contribution in [2.24, 2.45) is 0 Å². The number of fused-ring (bicyclic) bond motifs is 1. The molecule has 2 atom stereocenters. The topological polar surface area (TPSA) is 12.0 Å². The summed E-state index contributed by atoms with van der Waals surface area (Å²) < 4.78 is 0. The molecule has 20 heavy (non-hydrogen) atoms. The van der Waals surface area contributed by atoms with Crippen molar-refractivity contribution in [3.8, 4) is 0 Å². The minimum absolute atomic E-state index is 0.532. The fourth-order valence-electron chi connectivity index (χ4n) is 3.61. The van der Waals surface area contributed by atoms with Crippen LogP contribution in [0.15, 0.2) is 40.8 Å². The lowest BCUT2D eigenvalue weighted by atomic mass is 9.84. The number of rotatable bonds is 3. The van der Waals surface area contributed by atoms with Crippen LogP contribution < -0.4 is 5.32 Å². The smallest absolute Gasteiger partial charge is 0.0354 e. The summed E-state index contributed by atoms with van der Waals surface area (Å²) in [5.41, 5.74) is 3.22. The molecule has 0 spiro atoms. The molecule has 3 rings (SSSR count). The van der Waals surface area contributed by atoms with Gasteiger partial charge in [-0.05, 0) is 44.4 Å². The molecule has 1 N–H and O–H groups in total. The van der Waals surface area contributed by atoms with E-state index in [1.54, 1.807) is 11.1 Å². The maximum Gasteiger partial charge on any atom is 0.0354 e. The normalized spacial score (nSPS) is 27.1. The second-order valence-corrected chi connectivity index (χ2v) is 7.02. The standard InChI is InChI=1S/C18H25NS/c1-19-18(14-9-5-3-2-4-6-10-14)16-13-20-17-12-8-7-11-15(16)17/h7-9,11-12,16,18-19H,2-6,10,13H2,1H3/b14-9+. The van der Waals surface area contributed by atoms with Crippen LogP contribution in [-0.4, -0.2) is 18.8 Å². The third kappa shape index (κ3) is 2.96. The van der Waals surface area contributed by atoms with Crippen molar-refractivity contribution in [1.82, 2.24) is 5.32 Å². The van der Waals surface area contributed by atoms with Crippen molar-refractivity contribution in [2.45, 2.75) is 55.4 Å². The SMILES string of the molecule is CNC(/C1=C/CCCCCC1)C1CSc2ccccc21. The summed E-state index contributed by atoms with van der Waals surface area (Å²) >= 11 is 2.03. The fourth-order valence-corrected chi connectivity index (χ4v) is 4.90. The van der Waals surface area contributed by atoms with Gasteiger partial charge in [0, 0.05) is 22.6 Å². The van der Waals surface area contributed by atoms with Gasteiger partial charge in [-0.2, -0.15) is 0 Å². The Morgan fingerprint density at radius 3 is 2.90 bits per heavy atom. The van der Waals surface area contributed by atoms with Gasteiger partial charge in [0.2, 0.25) is 0 Å². The number of hydrogen-bond acceptors (Lipinski definition) is 2. The maximum absolute atomic E-state index is 3.62. The predicted octanol–water partition coefficient (Wildman–Crippen LogP) is 4.74. The Morgan fingerprint density at radius 2 is 2.00 bits per heavy atom. The molecule has 0 aromatic heterocycles. The van der Waals surface area contributed by atoms with Crippen LogP contribution in [-0.2, 0) is 0 Å². The highest BCUT2D eigenvalue weighted by atomic mass is 32.2. The summed E-state index contributed by atoms with van der Waals surface area (Å²) in [5.74, 6) is 1.87. The zero-order chi connectivity index (χ0) is 13.8. The van der Waals surface area contributed by atoms with Crippen molar-refractivity contribution < 1.29 is 0 Å². The Morgan fingerprint density at radius 1 is 1.15 bits per heavy atom. The van der Waals surface area contributed by atoms with Crippen LogP contribution in [0.1, 0.15) is 50.0 Å². The van der Waals surface area contributed by atoms with Crippen LogP contribution in [0.3, 0.4) is 0 Å². The number of allylic oxidation sites excluding steroid dienone is 1. The molecule has 1 nitrogen and oxygen atoms in total. The minimum atomic E-state index is 0.532. The van der Waals surface area contributed by atoms with Crippen LogP contribution in [0.2, 0.25) is 0 Å². The Hall–Kier alpha value is -0.730. The van der Waals surface area contributed by atoms with Gasteiger partial charge in [0.1, 0.15) is 0 Å². The summed E-state index contributed by atoms with van der Waals surface area (Å²) in [6.07, 6.45) is 10.6. The maximum atomic E-state index is 3.62. The molecule has 1 aliphatic heterocycles. The van der Waals surface area contributed by atoms with E-state index in [9.17, 15) is 0 Å². The quantitative estimate of drug-likeness (QED) is 0.806. The third-order valence-electron chi connectivity index (χ3n) is 4.68. The van der Waals surface area contributed by atoms with Crippen LogP contribution in [0.4, 0.5) is 0 Å². The predicted molar refractivity (Wildman–Crippen MR) is 88.5 cm³/mol. The highest BCUT2D eigenvalue weighted by Gasteiger charge is 2.31. The second-order valence-electron chi connectivity index (χ2n) is 5.95. The van der Waals surface area contributed by atoms with E-state index in [1.165, 1.54) is 49.2 Å². The Balaban J connectivity index is 1.83. The molecular formula is C18H25NS.